The largest absolute Gasteiger partial charge is 0.401 e. The zero-order chi connectivity index (χ0) is 14.4. The first kappa shape index (κ1) is 17.7. The van der Waals surface area contributed by atoms with E-state index in [2.05, 4.69) is 25.7 Å². The molecule has 0 aromatic heterocycles. The van der Waals surface area contributed by atoms with Gasteiger partial charge in [-0.25, -0.2) is 0 Å². The van der Waals surface area contributed by atoms with Gasteiger partial charge in [0.15, 0.2) is 0 Å². The van der Waals surface area contributed by atoms with Crippen LogP contribution < -0.4 is 0 Å². The number of piperazine rings is 1. The van der Waals surface area contributed by atoms with Crippen molar-refractivity contribution in [1.29, 1.82) is 0 Å². The molecule has 0 amide bonds. The summed E-state index contributed by atoms with van der Waals surface area (Å²) >= 11 is 0. The maximum atomic E-state index is 12.2. The summed E-state index contributed by atoms with van der Waals surface area (Å²) in [5.41, 5.74) is 0.214. The summed E-state index contributed by atoms with van der Waals surface area (Å²) < 4.78 is 36.5. The molecule has 0 radical (unpaired) electrons. The fraction of sp³-hybridized carbons (Fsp3) is 1.00. The highest BCUT2D eigenvalue weighted by molar-refractivity contribution is 4.77. The van der Waals surface area contributed by atoms with Crippen LogP contribution in [0.4, 0.5) is 13.2 Å². The summed E-state index contributed by atoms with van der Waals surface area (Å²) in [6.45, 7) is 13.2. The summed E-state index contributed by atoms with van der Waals surface area (Å²) in [6, 6.07) is 0. The molecular weight excluding hydrogens is 241 g/mol. The van der Waals surface area contributed by atoms with E-state index in [0.29, 0.717) is 13.1 Å². The van der Waals surface area contributed by atoms with Gasteiger partial charge in [0.2, 0.25) is 0 Å². The van der Waals surface area contributed by atoms with Gasteiger partial charge in [-0.3, -0.25) is 4.90 Å². The number of alkyl halides is 3. The molecule has 0 spiro atoms. The monoisotopic (exact) mass is 268 g/mol. The summed E-state index contributed by atoms with van der Waals surface area (Å²) in [6.07, 6.45) is -4.06. The lowest BCUT2D eigenvalue weighted by Crippen LogP contribution is -2.50. The van der Waals surface area contributed by atoms with E-state index in [1.807, 2.05) is 13.8 Å². The highest BCUT2D eigenvalue weighted by Gasteiger charge is 2.32. The van der Waals surface area contributed by atoms with E-state index in [0.717, 1.165) is 19.6 Å². The molecule has 2 nitrogen and oxygen atoms in total. The number of hydrogen-bond acceptors (Lipinski definition) is 2. The standard InChI is InChI=1S/C11H21F3N2.C2H6/c1-10(2,3)8-15-4-6-16(7-5-15)9-11(12,13)14;1-2/h4-9H2,1-3H3;1-2H3. The Labute approximate surface area is 109 Å². The van der Waals surface area contributed by atoms with Crippen molar-refractivity contribution in [2.45, 2.75) is 40.8 Å². The smallest absolute Gasteiger partial charge is 0.300 e. The zero-order valence-electron chi connectivity index (χ0n) is 12.3. The van der Waals surface area contributed by atoms with Crippen LogP contribution in [0.2, 0.25) is 0 Å². The van der Waals surface area contributed by atoms with E-state index in [1.54, 1.807) is 0 Å². The topological polar surface area (TPSA) is 6.48 Å². The number of rotatable bonds is 2. The van der Waals surface area contributed by atoms with E-state index in [-0.39, 0.29) is 5.41 Å². The van der Waals surface area contributed by atoms with E-state index in [9.17, 15) is 13.2 Å². The molecular formula is C13H27F3N2. The maximum Gasteiger partial charge on any atom is 0.401 e. The lowest BCUT2D eigenvalue weighted by Gasteiger charge is -2.37. The van der Waals surface area contributed by atoms with Crippen molar-refractivity contribution in [3.8, 4) is 0 Å². The molecule has 110 valence electrons. The third kappa shape index (κ3) is 8.75. The Bertz CT molecular complexity index is 189. The van der Waals surface area contributed by atoms with Crippen LogP contribution in [0.3, 0.4) is 0 Å². The molecule has 1 fully saturated rings. The van der Waals surface area contributed by atoms with Crippen molar-refractivity contribution < 1.29 is 13.2 Å². The lowest BCUT2D eigenvalue weighted by molar-refractivity contribution is -0.149. The van der Waals surface area contributed by atoms with Gasteiger partial charge in [0.25, 0.3) is 0 Å². The second-order valence-corrected chi connectivity index (χ2v) is 5.73. The van der Waals surface area contributed by atoms with Crippen LogP contribution in [-0.2, 0) is 0 Å². The van der Waals surface area contributed by atoms with Gasteiger partial charge in [0.05, 0.1) is 6.54 Å². The van der Waals surface area contributed by atoms with Gasteiger partial charge < -0.3 is 4.90 Å². The van der Waals surface area contributed by atoms with Gasteiger partial charge in [0, 0.05) is 32.7 Å². The molecule has 18 heavy (non-hydrogen) atoms. The minimum Gasteiger partial charge on any atom is -0.300 e. The quantitative estimate of drug-likeness (QED) is 0.758. The number of nitrogens with zero attached hydrogens (tertiary/aromatic N) is 2. The van der Waals surface area contributed by atoms with Crippen molar-refractivity contribution in [3.05, 3.63) is 0 Å². The van der Waals surface area contributed by atoms with Crippen LogP contribution in [0.5, 0.6) is 0 Å². The van der Waals surface area contributed by atoms with Crippen LogP contribution >= 0.6 is 0 Å². The Hall–Kier alpha value is -0.290. The van der Waals surface area contributed by atoms with Gasteiger partial charge >= 0.3 is 6.18 Å². The molecule has 1 heterocycles. The van der Waals surface area contributed by atoms with E-state index in [1.165, 1.54) is 4.90 Å². The molecule has 1 aliphatic heterocycles. The highest BCUT2D eigenvalue weighted by atomic mass is 19.4. The van der Waals surface area contributed by atoms with Crippen LogP contribution in [0.1, 0.15) is 34.6 Å². The van der Waals surface area contributed by atoms with E-state index < -0.39 is 12.7 Å². The Morgan fingerprint density at radius 3 is 1.39 bits per heavy atom. The van der Waals surface area contributed by atoms with Gasteiger partial charge in [-0.2, -0.15) is 13.2 Å². The fourth-order valence-corrected chi connectivity index (χ4v) is 2.03. The Balaban J connectivity index is 0.00000137. The van der Waals surface area contributed by atoms with Crippen molar-refractivity contribution in [1.82, 2.24) is 9.80 Å². The molecule has 0 aromatic rings. The van der Waals surface area contributed by atoms with Gasteiger partial charge in [-0.15, -0.1) is 0 Å². The maximum absolute atomic E-state index is 12.2. The predicted molar refractivity (Wildman–Crippen MR) is 69.7 cm³/mol. The molecule has 0 aliphatic carbocycles. The number of hydrogen-bond donors (Lipinski definition) is 0. The summed E-state index contributed by atoms with van der Waals surface area (Å²) in [7, 11) is 0. The first-order valence-corrected chi connectivity index (χ1v) is 6.67. The lowest BCUT2D eigenvalue weighted by atomic mass is 9.96. The molecule has 1 saturated heterocycles. The van der Waals surface area contributed by atoms with Gasteiger partial charge in [-0.1, -0.05) is 34.6 Å². The molecule has 5 heteroatoms. The Morgan fingerprint density at radius 2 is 1.11 bits per heavy atom. The first-order valence-electron chi connectivity index (χ1n) is 6.67. The summed E-state index contributed by atoms with van der Waals surface area (Å²) in [5, 5.41) is 0. The van der Waals surface area contributed by atoms with Crippen molar-refractivity contribution >= 4 is 0 Å². The predicted octanol–water partition coefficient (Wildman–Crippen LogP) is 3.24. The van der Waals surface area contributed by atoms with Gasteiger partial charge in [-0.05, 0) is 5.41 Å². The third-order valence-electron chi connectivity index (χ3n) is 2.57. The SMILES string of the molecule is CC.CC(C)(C)CN1CCN(CC(F)(F)F)CC1. The molecule has 0 N–H and O–H groups in total. The number of halogens is 3. The third-order valence-corrected chi connectivity index (χ3v) is 2.57. The van der Waals surface area contributed by atoms with Crippen LogP contribution in [0, 0.1) is 5.41 Å². The summed E-state index contributed by atoms with van der Waals surface area (Å²) in [5.74, 6) is 0. The average Bonchev–Trinajstić information content (AvgIpc) is 2.20. The van der Waals surface area contributed by atoms with Crippen LogP contribution in [-0.4, -0.2) is 55.2 Å². The Morgan fingerprint density at radius 1 is 0.778 bits per heavy atom. The van der Waals surface area contributed by atoms with Crippen molar-refractivity contribution in [3.63, 3.8) is 0 Å². The van der Waals surface area contributed by atoms with Crippen molar-refractivity contribution in [2.24, 2.45) is 5.41 Å². The Kier molecular flexibility index (Phi) is 7.22. The van der Waals surface area contributed by atoms with Crippen LogP contribution in [0.15, 0.2) is 0 Å². The molecule has 0 bridgehead atoms. The minimum atomic E-state index is -4.06. The first-order chi connectivity index (χ1) is 8.16. The highest BCUT2D eigenvalue weighted by Crippen LogP contribution is 2.19. The average molecular weight is 268 g/mol. The summed E-state index contributed by atoms with van der Waals surface area (Å²) in [4.78, 5) is 3.73. The molecule has 0 aromatic carbocycles. The zero-order valence-corrected chi connectivity index (χ0v) is 12.3. The second kappa shape index (κ2) is 7.34. The van der Waals surface area contributed by atoms with Gasteiger partial charge in [0.1, 0.15) is 0 Å². The normalized spacial score (nSPS) is 19.3. The fourth-order valence-electron chi connectivity index (χ4n) is 2.03. The molecule has 1 rings (SSSR count). The second-order valence-electron chi connectivity index (χ2n) is 5.73. The minimum absolute atomic E-state index is 0.214. The molecule has 0 saturated carbocycles. The molecule has 0 unspecified atom stereocenters. The molecule has 1 aliphatic rings. The van der Waals surface area contributed by atoms with E-state index >= 15 is 0 Å². The van der Waals surface area contributed by atoms with E-state index in [4.69, 9.17) is 0 Å². The molecule has 0 atom stereocenters. The van der Waals surface area contributed by atoms with Crippen LogP contribution in [0.25, 0.3) is 0 Å². The van der Waals surface area contributed by atoms with Crippen molar-refractivity contribution in [2.75, 3.05) is 39.3 Å².